The van der Waals surface area contributed by atoms with Crippen molar-refractivity contribution in [3.63, 3.8) is 0 Å². The van der Waals surface area contributed by atoms with Gasteiger partial charge in [0.05, 0.1) is 0 Å². The summed E-state index contributed by atoms with van der Waals surface area (Å²) >= 11 is 0. The van der Waals surface area contributed by atoms with Crippen LogP contribution in [0.5, 0.6) is 0 Å². The van der Waals surface area contributed by atoms with Crippen LogP contribution in [0.2, 0.25) is 0 Å². The summed E-state index contributed by atoms with van der Waals surface area (Å²) < 4.78 is 10.9. The number of aromatic nitrogens is 2. The van der Waals surface area contributed by atoms with E-state index in [0.29, 0.717) is 11.1 Å². The highest BCUT2D eigenvalue weighted by molar-refractivity contribution is 5.97. The van der Waals surface area contributed by atoms with E-state index < -0.39 is 24.9 Å². The molecule has 138 valence electrons. The second-order valence-corrected chi connectivity index (χ2v) is 5.83. The first kappa shape index (κ1) is 18.3. The number of ether oxygens (including phenoxy) is 1. The van der Waals surface area contributed by atoms with Gasteiger partial charge in [-0.3, -0.25) is 9.59 Å². The maximum Gasteiger partial charge on any atom is 0.437 e. The van der Waals surface area contributed by atoms with Crippen LogP contribution in [0, 0.1) is 0 Å². The van der Waals surface area contributed by atoms with Crippen LogP contribution in [0.1, 0.15) is 22.8 Å². The van der Waals surface area contributed by atoms with Crippen LogP contribution in [0.4, 0.5) is 0 Å². The number of carbonyl (C=O) groups is 2. The molecule has 0 atom stereocenters. The summed E-state index contributed by atoms with van der Waals surface area (Å²) in [7, 11) is 0. The third-order valence-corrected chi connectivity index (χ3v) is 3.95. The standard InChI is InChI=1S/C20H18N2O5/c1-2-14-8-10-15(11-9-14)17(23)13-26-18(24)12-22-20(25)27-19(21-22)16-6-4-3-5-7-16/h3-11H,2,12-13H2,1H3. The van der Waals surface area contributed by atoms with Crippen LogP contribution in [0.15, 0.2) is 63.8 Å². The van der Waals surface area contributed by atoms with Gasteiger partial charge in [-0.05, 0) is 24.1 Å². The van der Waals surface area contributed by atoms with Gasteiger partial charge in [-0.15, -0.1) is 5.10 Å². The molecule has 0 saturated carbocycles. The molecule has 0 bridgehead atoms. The molecule has 7 heteroatoms. The van der Waals surface area contributed by atoms with Crippen molar-refractivity contribution in [2.75, 3.05) is 6.61 Å². The summed E-state index contributed by atoms with van der Waals surface area (Å²) in [6.45, 7) is 1.19. The van der Waals surface area contributed by atoms with Crippen molar-refractivity contribution in [1.29, 1.82) is 0 Å². The fourth-order valence-electron chi connectivity index (χ4n) is 2.43. The Balaban J connectivity index is 1.58. The maximum atomic E-state index is 12.1. The van der Waals surface area contributed by atoms with Gasteiger partial charge < -0.3 is 9.15 Å². The fourth-order valence-corrected chi connectivity index (χ4v) is 2.43. The van der Waals surface area contributed by atoms with Crippen molar-refractivity contribution in [3.8, 4) is 11.5 Å². The molecule has 0 amide bonds. The quantitative estimate of drug-likeness (QED) is 0.471. The van der Waals surface area contributed by atoms with E-state index in [-0.39, 0.29) is 11.7 Å². The molecule has 0 saturated heterocycles. The molecule has 0 aliphatic heterocycles. The van der Waals surface area contributed by atoms with Crippen molar-refractivity contribution in [2.24, 2.45) is 0 Å². The molecule has 1 aromatic heterocycles. The van der Waals surface area contributed by atoms with E-state index in [4.69, 9.17) is 9.15 Å². The third kappa shape index (κ3) is 4.58. The normalized spacial score (nSPS) is 10.6. The monoisotopic (exact) mass is 366 g/mol. The summed E-state index contributed by atoms with van der Waals surface area (Å²) in [6.07, 6.45) is 0.876. The topological polar surface area (TPSA) is 91.4 Å². The molecule has 0 aliphatic rings. The number of hydrogen-bond donors (Lipinski definition) is 0. The Kier molecular flexibility index (Phi) is 5.61. The van der Waals surface area contributed by atoms with E-state index in [1.807, 2.05) is 25.1 Å². The second-order valence-electron chi connectivity index (χ2n) is 5.83. The number of hydrogen-bond acceptors (Lipinski definition) is 6. The molecule has 3 aromatic rings. The van der Waals surface area contributed by atoms with Crippen molar-refractivity contribution in [3.05, 3.63) is 76.3 Å². The third-order valence-electron chi connectivity index (χ3n) is 3.95. The minimum atomic E-state index is -0.771. The van der Waals surface area contributed by atoms with E-state index in [0.717, 1.165) is 16.7 Å². The molecular formula is C20H18N2O5. The Hall–Kier alpha value is -3.48. The van der Waals surface area contributed by atoms with E-state index in [9.17, 15) is 14.4 Å². The summed E-state index contributed by atoms with van der Waals surface area (Å²) in [6, 6.07) is 16.0. The molecule has 1 heterocycles. The minimum Gasteiger partial charge on any atom is -0.456 e. The lowest BCUT2D eigenvalue weighted by Gasteiger charge is -2.04. The average molecular weight is 366 g/mol. The molecular weight excluding hydrogens is 348 g/mol. The van der Waals surface area contributed by atoms with Gasteiger partial charge in [0.2, 0.25) is 5.89 Å². The Morgan fingerprint density at radius 3 is 2.44 bits per heavy atom. The molecule has 0 radical (unpaired) electrons. The molecule has 0 fully saturated rings. The van der Waals surface area contributed by atoms with Crippen molar-refractivity contribution in [1.82, 2.24) is 9.78 Å². The number of aryl methyl sites for hydroxylation is 1. The molecule has 2 aromatic carbocycles. The molecule has 0 unspecified atom stereocenters. The molecule has 0 N–H and O–H groups in total. The second kappa shape index (κ2) is 8.27. The van der Waals surface area contributed by atoms with Crippen LogP contribution < -0.4 is 5.76 Å². The summed E-state index contributed by atoms with van der Waals surface area (Å²) in [5.41, 5.74) is 2.19. The lowest BCUT2D eigenvalue weighted by Crippen LogP contribution is -2.24. The van der Waals surface area contributed by atoms with Gasteiger partial charge in [0.25, 0.3) is 0 Å². The first-order valence-corrected chi connectivity index (χ1v) is 8.48. The molecule has 3 rings (SSSR count). The van der Waals surface area contributed by atoms with Gasteiger partial charge in [-0.2, -0.15) is 4.68 Å². The van der Waals surface area contributed by atoms with E-state index >= 15 is 0 Å². The number of rotatable bonds is 7. The van der Waals surface area contributed by atoms with Gasteiger partial charge in [-0.25, -0.2) is 4.79 Å². The predicted molar refractivity (Wildman–Crippen MR) is 97.3 cm³/mol. The first-order chi connectivity index (χ1) is 13.1. The molecule has 27 heavy (non-hydrogen) atoms. The smallest absolute Gasteiger partial charge is 0.437 e. The van der Waals surface area contributed by atoms with E-state index in [2.05, 4.69) is 5.10 Å². The number of esters is 1. The summed E-state index contributed by atoms with van der Waals surface area (Å²) in [5.74, 6) is -1.72. The van der Waals surface area contributed by atoms with E-state index in [1.54, 1.807) is 36.4 Å². The van der Waals surface area contributed by atoms with Gasteiger partial charge in [0.15, 0.2) is 12.4 Å². The Morgan fingerprint density at radius 1 is 1.07 bits per heavy atom. The Labute approximate surface area is 155 Å². The number of Topliss-reactive ketones (excluding diaryl/α,β-unsaturated/α-hetero) is 1. The number of nitrogens with zero attached hydrogens (tertiary/aromatic N) is 2. The first-order valence-electron chi connectivity index (χ1n) is 8.48. The zero-order valence-electron chi connectivity index (χ0n) is 14.8. The average Bonchev–Trinajstić information content (AvgIpc) is 3.07. The van der Waals surface area contributed by atoms with Gasteiger partial charge >= 0.3 is 11.7 Å². The highest BCUT2D eigenvalue weighted by Gasteiger charge is 2.15. The number of carbonyl (C=O) groups excluding carboxylic acids is 2. The van der Waals surface area contributed by atoms with Crippen LogP contribution in [-0.2, 0) is 22.5 Å². The van der Waals surface area contributed by atoms with Crippen LogP contribution in [0.3, 0.4) is 0 Å². The van der Waals surface area contributed by atoms with Gasteiger partial charge in [-0.1, -0.05) is 49.4 Å². The largest absolute Gasteiger partial charge is 0.456 e. The van der Waals surface area contributed by atoms with Crippen molar-refractivity contribution < 1.29 is 18.7 Å². The summed E-state index contributed by atoms with van der Waals surface area (Å²) in [5, 5.41) is 3.98. The Morgan fingerprint density at radius 2 is 1.78 bits per heavy atom. The van der Waals surface area contributed by atoms with Crippen LogP contribution in [-0.4, -0.2) is 28.1 Å². The molecule has 0 aliphatic carbocycles. The van der Waals surface area contributed by atoms with Crippen LogP contribution >= 0.6 is 0 Å². The Bertz CT molecular complexity index is 987. The fraction of sp³-hybridized carbons (Fsp3) is 0.200. The highest BCUT2D eigenvalue weighted by Crippen LogP contribution is 2.13. The lowest BCUT2D eigenvalue weighted by atomic mass is 10.1. The zero-order chi connectivity index (χ0) is 19.2. The van der Waals surface area contributed by atoms with Gasteiger partial charge in [0, 0.05) is 11.1 Å². The van der Waals surface area contributed by atoms with E-state index in [1.165, 1.54) is 0 Å². The highest BCUT2D eigenvalue weighted by atomic mass is 16.5. The molecule has 7 nitrogen and oxygen atoms in total. The zero-order valence-corrected chi connectivity index (χ0v) is 14.8. The minimum absolute atomic E-state index is 0.112. The molecule has 0 spiro atoms. The number of benzene rings is 2. The maximum absolute atomic E-state index is 12.1. The van der Waals surface area contributed by atoms with Crippen LogP contribution in [0.25, 0.3) is 11.5 Å². The van der Waals surface area contributed by atoms with Gasteiger partial charge in [0.1, 0.15) is 6.54 Å². The van der Waals surface area contributed by atoms with Crippen molar-refractivity contribution >= 4 is 11.8 Å². The van der Waals surface area contributed by atoms with Crippen molar-refractivity contribution in [2.45, 2.75) is 19.9 Å². The SMILES string of the molecule is CCc1ccc(C(=O)COC(=O)Cn2nc(-c3ccccc3)oc2=O)cc1. The summed E-state index contributed by atoms with van der Waals surface area (Å²) in [4.78, 5) is 35.8. The lowest BCUT2D eigenvalue weighted by molar-refractivity contribution is -0.143. The number of ketones is 1. The predicted octanol–water partition coefficient (Wildman–Crippen LogP) is 2.49.